The summed E-state index contributed by atoms with van der Waals surface area (Å²) < 4.78 is 15.2. The van der Waals surface area contributed by atoms with Crippen molar-refractivity contribution in [2.45, 2.75) is 38.2 Å². The van der Waals surface area contributed by atoms with Gasteiger partial charge in [0.15, 0.2) is 5.82 Å². The first kappa shape index (κ1) is 27.7. The minimum atomic E-state index is -0.492. The maximum atomic E-state index is 15.2. The average molecular weight is 569 g/mol. The standard InChI is InChI=1S/C32H33FN6O3/c1-38(13-14-40)23-9-5-19(6-10-23)15-28-35-30(37-32(34)36-28)24-3-2-4-27(25(24)18-41)39-12-11-21-16-22(20-7-8-20)17-26(33)29(21)31(39)42/h2-6,9-10,16-17,20,40-41H,7-8,11-15,18H2,1H3,(H2,34,35,36,37). The van der Waals surface area contributed by atoms with Gasteiger partial charge in [-0.3, -0.25) is 4.79 Å². The van der Waals surface area contributed by atoms with Crippen molar-refractivity contribution < 1.29 is 19.4 Å². The number of amides is 1. The van der Waals surface area contributed by atoms with Crippen LogP contribution in [0.1, 0.15) is 57.2 Å². The summed E-state index contributed by atoms with van der Waals surface area (Å²) in [5, 5.41) is 19.7. The lowest BCUT2D eigenvalue weighted by Crippen LogP contribution is -2.39. The lowest BCUT2D eigenvalue weighted by molar-refractivity contribution is 0.0976. The molecule has 42 heavy (non-hydrogen) atoms. The fraction of sp³-hybridized carbons (Fsp3) is 0.312. The summed E-state index contributed by atoms with van der Waals surface area (Å²) in [5.74, 6) is 0.263. The van der Waals surface area contributed by atoms with Crippen LogP contribution in [0.2, 0.25) is 0 Å². The predicted molar refractivity (Wildman–Crippen MR) is 159 cm³/mol. The second-order valence-corrected chi connectivity index (χ2v) is 10.9. The molecule has 1 aliphatic heterocycles. The van der Waals surface area contributed by atoms with Gasteiger partial charge in [-0.25, -0.2) is 9.37 Å². The van der Waals surface area contributed by atoms with Gasteiger partial charge in [-0.05, 0) is 66.1 Å². The Morgan fingerprint density at radius 2 is 1.86 bits per heavy atom. The zero-order valence-electron chi connectivity index (χ0n) is 23.4. The van der Waals surface area contributed by atoms with Crippen molar-refractivity contribution in [3.05, 3.63) is 94.1 Å². The molecule has 1 aromatic heterocycles. The normalized spacial score (nSPS) is 14.7. The number of nitrogens with two attached hydrogens (primary N) is 1. The Balaban J connectivity index is 1.30. The summed E-state index contributed by atoms with van der Waals surface area (Å²) in [5.41, 5.74) is 11.3. The number of aliphatic hydroxyl groups is 2. The molecule has 2 heterocycles. The van der Waals surface area contributed by atoms with E-state index in [1.54, 1.807) is 18.2 Å². The van der Waals surface area contributed by atoms with Gasteiger partial charge in [0.1, 0.15) is 11.6 Å². The monoisotopic (exact) mass is 568 g/mol. The van der Waals surface area contributed by atoms with E-state index in [4.69, 9.17) is 5.73 Å². The Kier molecular flexibility index (Phi) is 7.57. The fourth-order valence-electron chi connectivity index (χ4n) is 5.65. The maximum Gasteiger partial charge on any atom is 0.261 e. The van der Waals surface area contributed by atoms with E-state index in [1.807, 2.05) is 42.3 Å². The number of anilines is 3. The molecule has 3 aromatic carbocycles. The van der Waals surface area contributed by atoms with E-state index in [2.05, 4.69) is 15.0 Å². The Hall–Kier alpha value is -4.41. The third-order valence-corrected chi connectivity index (χ3v) is 8.02. The highest BCUT2D eigenvalue weighted by atomic mass is 19.1. The minimum Gasteiger partial charge on any atom is -0.395 e. The van der Waals surface area contributed by atoms with Crippen molar-refractivity contribution in [3.8, 4) is 11.4 Å². The summed E-state index contributed by atoms with van der Waals surface area (Å²) >= 11 is 0. The molecule has 4 N–H and O–H groups in total. The van der Waals surface area contributed by atoms with Crippen LogP contribution < -0.4 is 15.5 Å². The van der Waals surface area contributed by atoms with Gasteiger partial charge < -0.3 is 25.7 Å². The summed E-state index contributed by atoms with van der Waals surface area (Å²) in [4.78, 5) is 30.4. The Bertz CT molecular complexity index is 1640. The minimum absolute atomic E-state index is 0.0418. The number of rotatable bonds is 9. The molecule has 0 saturated heterocycles. The molecule has 0 bridgehead atoms. The number of likely N-dealkylation sites (N-methyl/N-ethyl adjacent to an activating group) is 1. The van der Waals surface area contributed by atoms with E-state index in [1.165, 1.54) is 11.0 Å². The third-order valence-electron chi connectivity index (χ3n) is 8.02. The highest BCUT2D eigenvalue weighted by Gasteiger charge is 2.33. The van der Waals surface area contributed by atoms with Crippen LogP contribution in [-0.2, 0) is 19.4 Å². The average Bonchev–Trinajstić information content (AvgIpc) is 3.83. The summed E-state index contributed by atoms with van der Waals surface area (Å²) in [6.45, 7) is 0.587. The number of nitrogens with zero attached hydrogens (tertiary/aromatic N) is 5. The molecular weight excluding hydrogens is 535 g/mol. The molecule has 4 aromatic rings. The highest BCUT2D eigenvalue weighted by molar-refractivity contribution is 6.09. The molecule has 0 spiro atoms. The van der Waals surface area contributed by atoms with E-state index in [0.717, 1.165) is 35.2 Å². The lowest BCUT2D eigenvalue weighted by Gasteiger charge is -2.31. The van der Waals surface area contributed by atoms with Gasteiger partial charge in [-0.2, -0.15) is 9.97 Å². The van der Waals surface area contributed by atoms with Crippen molar-refractivity contribution in [1.29, 1.82) is 0 Å². The van der Waals surface area contributed by atoms with Crippen LogP contribution in [0.5, 0.6) is 0 Å². The molecule has 216 valence electrons. The molecule has 1 aliphatic carbocycles. The molecule has 0 radical (unpaired) electrons. The van der Waals surface area contributed by atoms with Crippen molar-refractivity contribution in [1.82, 2.24) is 15.0 Å². The van der Waals surface area contributed by atoms with Gasteiger partial charge in [-0.15, -0.1) is 0 Å². The van der Waals surface area contributed by atoms with E-state index < -0.39 is 11.7 Å². The van der Waals surface area contributed by atoms with Crippen LogP contribution in [0.4, 0.5) is 21.7 Å². The number of aromatic nitrogens is 3. The Morgan fingerprint density at radius 1 is 1.07 bits per heavy atom. The molecule has 1 saturated carbocycles. The lowest BCUT2D eigenvalue weighted by atomic mass is 9.93. The Labute approximate surface area is 243 Å². The van der Waals surface area contributed by atoms with Crippen LogP contribution >= 0.6 is 0 Å². The van der Waals surface area contributed by atoms with Gasteiger partial charge >= 0.3 is 0 Å². The fourth-order valence-corrected chi connectivity index (χ4v) is 5.65. The van der Waals surface area contributed by atoms with Crippen molar-refractivity contribution >= 4 is 23.2 Å². The predicted octanol–water partition coefficient (Wildman–Crippen LogP) is 3.85. The second-order valence-electron chi connectivity index (χ2n) is 10.9. The maximum absolute atomic E-state index is 15.2. The van der Waals surface area contributed by atoms with E-state index in [0.29, 0.717) is 54.5 Å². The first-order valence-electron chi connectivity index (χ1n) is 14.1. The molecule has 9 nitrogen and oxygen atoms in total. The molecule has 0 atom stereocenters. The number of benzene rings is 3. The van der Waals surface area contributed by atoms with Crippen molar-refractivity contribution in [3.63, 3.8) is 0 Å². The molecule has 10 heteroatoms. The van der Waals surface area contributed by atoms with Gasteiger partial charge in [0.05, 0.1) is 24.5 Å². The second kappa shape index (κ2) is 11.5. The summed E-state index contributed by atoms with van der Waals surface area (Å²) in [7, 11) is 1.91. The van der Waals surface area contributed by atoms with Crippen molar-refractivity contribution in [2.24, 2.45) is 0 Å². The highest BCUT2D eigenvalue weighted by Crippen LogP contribution is 2.42. The van der Waals surface area contributed by atoms with E-state index in [9.17, 15) is 15.0 Å². The number of fused-ring (bicyclic) bond motifs is 1. The quantitative estimate of drug-likeness (QED) is 0.278. The zero-order valence-corrected chi connectivity index (χ0v) is 23.4. The molecule has 6 rings (SSSR count). The van der Waals surface area contributed by atoms with Crippen molar-refractivity contribution in [2.75, 3.05) is 42.3 Å². The number of hydrogen-bond donors (Lipinski definition) is 3. The molecule has 2 aliphatic rings. The number of halogens is 1. The van der Waals surface area contributed by atoms with Gasteiger partial charge in [0.25, 0.3) is 5.91 Å². The number of aliphatic hydroxyl groups excluding tert-OH is 2. The van der Waals surface area contributed by atoms with Crippen LogP contribution in [0.3, 0.4) is 0 Å². The van der Waals surface area contributed by atoms with E-state index in [-0.39, 0.29) is 30.5 Å². The molecule has 1 fully saturated rings. The number of nitrogen functional groups attached to an aromatic ring is 1. The number of carbonyl (C=O) groups excluding carboxylic acids is 1. The summed E-state index contributed by atoms with van der Waals surface area (Å²) in [6, 6.07) is 16.6. The Morgan fingerprint density at radius 3 is 2.57 bits per heavy atom. The van der Waals surface area contributed by atoms with Crippen LogP contribution in [0, 0.1) is 5.82 Å². The molecule has 0 unspecified atom stereocenters. The SMILES string of the molecule is CN(CCO)c1ccc(Cc2nc(N)nc(-c3cccc(N4CCc5cc(C6CC6)cc(F)c5C4=O)c3CO)n2)cc1. The third kappa shape index (κ3) is 5.43. The van der Waals surface area contributed by atoms with Gasteiger partial charge in [0, 0.05) is 43.4 Å². The smallest absolute Gasteiger partial charge is 0.261 e. The number of carbonyl (C=O) groups is 1. The number of hydrogen-bond acceptors (Lipinski definition) is 8. The van der Waals surface area contributed by atoms with Crippen LogP contribution in [0.25, 0.3) is 11.4 Å². The van der Waals surface area contributed by atoms with Gasteiger partial charge in [0.2, 0.25) is 5.95 Å². The van der Waals surface area contributed by atoms with Gasteiger partial charge in [-0.1, -0.05) is 30.3 Å². The summed E-state index contributed by atoms with van der Waals surface area (Å²) in [6.07, 6.45) is 3.04. The van der Waals surface area contributed by atoms with E-state index >= 15 is 4.39 Å². The molecule has 1 amide bonds. The van der Waals surface area contributed by atoms with Crippen LogP contribution in [0.15, 0.2) is 54.6 Å². The zero-order chi connectivity index (χ0) is 29.4. The topological polar surface area (TPSA) is 129 Å². The molecular formula is C32H33FN6O3. The first-order valence-corrected chi connectivity index (χ1v) is 14.1. The first-order chi connectivity index (χ1) is 20.4. The largest absolute Gasteiger partial charge is 0.395 e. The van der Waals surface area contributed by atoms with Crippen LogP contribution in [-0.4, -0.2) is 57.8 Å².